The normalized spacial score (nSPS) is 17.8. The lowest BCUT2D eigenvalue weighted by molar-refractivity contribution is -0.855. The van der Waals surface area contributed by atoms with Crippen LogP contribution in [0.4, 0.5) is 0 Å². The minimum absolute atomic E-state index is 0.0293. The summed E-state index contributed by atoms with van der Waals surface area (Å²) in [4.78, 5) is 18.0. The number of nitrogens with one attached hydrogen (secondary N) is 1. The Morgan fingerprint density at radius 2 is 1.95 bits per heavy atom. The molecule has 3 atom stereocenters. The van der Waals surface area contributed by atoms with Crippen LogP contribution in [-0.4, -0.2) is 52.8 Å². The van der Waals surface area contributed by atoms with Crippen LogP contribution in [0.15, 0.2) is 70.5 Å². The number of aromatic hydroxyl groups is 1. The number of rotatable bonds is 15. The predicted molar refractivity (Wildman–Crippen MR) is 154 cm³/mol. The van der Waals surface area contributed by atoms with Crippen LogP contribution in [-0.2, 0) is 17.6 Å². The maximum absolute atomic E-state index is 12.3. The molecule has 2 aromatic carbocycles. The summed E-state index contributed by atoms with van der Waals surface area (Å²) in [6.45, 7) is 3.01. The predicted octanol–water partition coefficient (Wildman–Crippen LogP) is 1.81. The second kappa shape index (κ2) is 13.8. The lowest BCUT2D eigenvalue weighted by Gasteiger charge is -2.15. The van der Waals surface area contributed by atoms with Crippen LogP contribution >= 0.6 is 0 Å². The van der Waals surface area contributed by atoms with E-state index in [1.807, 2.05) is 37.5 Å². The molecule has 0 saturated carbocycles. The molecular weight excluding hydrogens is 508 g/mol. The molecule has 0 bridgehead atoms. The number of hydrogen-bond donors (Lipinski definition) is 6. The summed E-state index contributed by atoms with van der Waals surface area (Å²) in [6, 6.07) is 13.1. The smallest absolute Gasteiger partial charge is 0.227 e. The van der Waals surface area contributed by atoms with Crippen molar-refractivity contribution in [2.75, 3.05) is 13.3 Å². The molecule has 9 nitrogen and oxygen atoms in total. The highest BCUT2D eigenvalue weighted by Gasteiger charge is 2.29. The number of quaternary nitrogens is 1. The van der Waals surface area contributed by atoms with E-state index < -0.39 is 18.4 Å². The van der Waals surface area contributed by atoms with Gasteiger partial charge in [0.2, 0.25) is 6.73 Å². The van der Waals surface area contributed by atoms with Gasteiger partial charge in [0.15, 0.2) is 11.5 Å². The number of ketones is 1. The van der Waals surface area contributed by atoms with E-state index in [4.69, 9.17) is 16.2 Å². The highest BCUT2D eigenvalue weighted by Crippen LogP contribution is 2.28. The Morgan fingerprint density at radius 3 is 2.73 bits per heavy atom. The number of nitrogens with two attached hydrogens (primary N) is 2. The zero-order chi connectivity index (χ0) is 28.6. The highest BCUT2D eigenvalue weighted by molar-refractivity contribution is 5.87. The number of phenolic OH excluding ortho intramolecular Hbond substituents is 1. The fraction of sp³-hybridized carbons (Fsp3) is 0.419. The van der Waals surface area contributed by atoms with Gasteiger partial charge >= 0.3 is 0 Å². The van der Waals surface area contributed by atoms with Crippen LogP contribution in [0.1, 0.15) is 61.9 Å². The van der Waals surface area contributed by atoms with E-state index >= 15 is 0 Å². The molecule has 0 fully saturated rings. The summed E-state index contributed by atoms with van der Waals surface area (Å²) in [7, 11) is 0. The number of aliphatic imine (C=N–C) groups is 1. The van der Waals surface area contributed by atoms with Crippen LogP contribution in [0.2, 0.25) is 0 Å². The number of carbonyl (C=O) groups is 1. The average Bonchev–Trinajstić information content (AvgIpc) is 3.48. The van der Waals surface area contributed by atoms with Crippen molar-refractivity contribution in [2.24, 2.45) is 16.5 Å². The molecule has 0 aromatic heterocycles. The number of aliphatic hydroxyl groups excluding tert-OH is 2. The van der Waals surface area contributed by atoms with Crippen LogP contribution in [0, 0.1) is 0 Å². The number of aliphatic hydroxyl groups is 2. The van der Waals surface area contributed by atoms with E-state index in [1.54, 1.807) is 18.2 Å². The van der Waals surface area contributed by atoms with E-state index in [1.165, 1.54) is 5.57 Å². The third-order valence-corrected chi connectivity index (χ3v) is 7.29. The first-order valence-corrected chi connectivity index (χ1v) is 14.0. The minimum atomic E-state index is -0.834. The molecule has 9 heteroatoms. The highest BCUT2D eigenvalue weighted by atomic mass is 16.5. The van der Waals surface area contributed by atoms with Gasteiger partial charge in [0.1, 0.15) is 24.2 Å². The molecule has 2 aliphatic heterocycles. The zero-order valence-corrected chi connectivity index (χ0v) is 23.1. The van der Waals surface area contributed by atoms with Gasteiger partial charge in [-0.3, -0.25) is 14.7 Å². The third-order valence-electron chi connectivity index (χ3n) is 7.29. The fourth-order valence-electron chi connectivity index (χ4n) is 5.14. The van der Waals surface area contributed by atoms with Gasteiger partial charge < -0.3 is 31.5 Å². The second-order valence-electron chi connectivity index (χ2n) is 10.7. The maximum atomic E-state index is 12.3. The standard InChI is InChI=1S/C31H40N4O5/c1-2-4-24(36)14-26(38)15-25(37)9-7-20-8-10-29(39)30(13-20)40-19-35-17-27-23(16-34-28(27)18-35)12-21-5-3-6-22(11-21)31(32)33/h3,5-6,8,10-11,13,16,18,24,26,31,36,38-39H,2,4,7,9,12,14-15,17,19,32-33H2,1H3/p+1. The first-order valence-electron chi connectivity index (χ1n) is 14.0. The van der Waals surface area contributed by atoms with Crippen LogP contribution in [0.25, 0.3) is 0 Å². The number of ether oxygens (including phenoxy) is 1. The molecule has 214 valence electrons. The number of hydrogen-bond acceptors (Lipinski definition) is 8. The van der Waals surface area contributed by atoms with Gasteiger partial charge in [-0.05, 0) is 60.1 Å². The molecule has 2 aliphatic rings. The van der Waals surface area contributed by atoms with Crippen molar-refractivity contribution >= 4 is 12.0 Å². The largest absolute Gasteiger partial charge is 0.504 e. The lowest BCUT2D eigenvalue weighted by atomic mass is 9.99. The molecule has 0 aliphatic carbocycles. The summed E-state index contributed by atoms with van der Waals surface area (Å²) in [5, 5.41) is 30.3. The molecule has 8 N–H and O–H groups in total. The maximum Gasteiger partial charge on any atom is 0.227 e. The van der Waals surface area contributed by atoms with Gasteiger partial charge in [0, 0.05) is 24.6 Å². The quantitative estimate of drug-likeness (QED) is 0.185. The summed E-state index contributed by atoms with van der Waals surface area (Å²) in [6.07, 6.45) is 5.19. The molecule has 3 unspecified atom stereocenters. The first kappa shape index (κ1) is 29.6. The Bertz CT molecular complexity index is 1290. The second-order valence-corrected chi connectivity index (χ2v) is 10.7. The number of nitrogens with zero attached hydrogens (tertiary/aromatic N) is 1. The van der Waals surface area contributed by atoms with Crippen molar-refractivity contribution in [3.63, 3.8) is 0 Å². The average molecular weight is 550 g/mol. The summed E-state index contributed by atoms with van der Waals surface area (Å²) >= 11 is 0. The Hall–Kier alpha value is -3.34. The molecular formula is C31H41N4O5+. The first-order chi connectivity index (χ1) is 19.2. The number of allylic oxidation sites excluding steroid dienone is 1. The zero-order valence-electron chi connectivity index (χ0n) is 23.1. The summed E-state index contributed by atoms with van der Waals surface area (Å²) in [5.74, 6) is 0.342. The summed E-state index contributed by atoms with van der Waals surface area (Å²) in [5.41, 5.74) is 17.8. The Morgan fingerprint density at radius 1 is 1.12 bits per heavy atom. The monoisotopic (exact) mass is 549 g/mol. The van der Waals surface area contributed by atoms with E-state index in [2.05, 4.69) is 11.1 Å². The number of phenols is 1. The van der Waals surface area contributed by atoms with Gasteiger partial charge in [-0.25, -0.2) is 0 Å². The van der Waals surface area contributed by atoms with Crippen LogP contribution in [0.5, 0.6) is 11.5 Å². The Balaban J connectivity index is 1.28. The summed E-state index contributed by atoms with van der Waals surface area (Å²) < 4.78 is 5.97. The number of benzene rings is 2. The third kappa shape index (κ3) is 8.09. The Kier molecular flexibility index (Phi) is 10.2. The molecule has 0 spiro atoms. The van der Waals surface area contributed by atoms with Gasteiger partial charge in [-0.1, -0.05) is 43.7 Å². The molecule has 0 saturated heterocycles. The minimum Gasteiger partial charge on any atom is -0.504 e. The fourth-order valence-corrected chi connectivity index (χ4v) is 5.14. The van der Waals surface area contributed by atoms with E-state index in [0.29, 0.717) is 25.3 Å². The topological polar surface area (TPSA) is 156 Å². The van der Waals surface area contributed by atoms with Crippen LogP contribution < -0.4 is 21.1 Å². The Labute approximate surface area is 235 Å². The molecule has 40 heavy (non-hydrogen) atoms. The van der Waals surface area contributed by atoms with Crippen molar-refractivity contribution < 1.29 is 29.8 Å². The molecule has 2 heterocycles. The van der Waals surface area contributed by atoms with E-state index in [9.17, 15) is 20.1 Å². The molecule has 4 rings (SSSR count). The van der Waals surface area contributed by atoms with Crippen molar-refractivity contribution in [2.45, 2.75) is 70.2 Å². The van der Waals surface area contributed by atoms with Gasteiger partial charge in [-0.2, -0.15) is 0 Å². The lowest BCUT2D eigenvalue weighted by Crippen LogP contribution is -3.07. The van der Waals surface area contributed by atoms with Crippen molar-refractivity contribution in [1.29, 1.82) is 0 Å². The van der Waals surface area contributed by atoms with E-state index in [-0.39, 0.29) is 30.8 Å². The number of Topliss-reactive ketones (excluding diaryl/α,β-unsaturated/α-hetero) is 1. The van der Waals surface area contributed by atoms with Gasteiger partial charge in [0.25, 0.3) is 0 Å². The van der Waals surface area contributed by atoms with Crippen molar-refractivity contribution in [3.8, 4) is 11.5 Å². The molecule has 0 amide bonds. The van der Waals surface area contributed by atoms with Gasteiger partial charge in [0.05, 0.1) is 18.4 Å². The number of carbonyl (C=O) groups excluding carboxylic acids is 1. The molecule has 2 aromatic rings. The van der Waals surface area contributed by atoms with Crippen molar-refractivity contribution in [3.05, 3.63) is 82.2 Å². The van der Waals surface area contributed by atoms with Gasteiger partial charge in [-0.15, -0.1) is 0 Å². The van der Waals surface area contributed by atoms with E-state index in [0.717, 1.165) is 52.2 Å². The number of fused-ring (bicyclic) bond motifs is 1. The molecule has 0 radical (unpaired) electrons. The van der Waals surface area contributed by atoms with Crippen molar-refractivity contribution in [1.82, 2.24) is 0 Å². The number of aryl methyl sites for hydroxylation is 1. The SMILES string of the molecule is CCCC(O)CC(O)CC(=O)CCc1ccc(O)c(OC[NH+]2C=C3N=CC(Cc4cccc(C(N)N)c4)=C3C2)c1. The van der Waals surface area contributed by atoms with Crippen LogP contribution in [0.3, 0.4) is 0 Å².